The van der Waals surface area contributed by atoms with Crippen molar-refractivity contribution in [3.63, 3.8) is 0 Å². The largest absolute Gasteiger partial charge is 0.474 e. The number of hydrogen-bond donors (Lipinski definition) is 0. The van der Waals surface area contributed by atoms with Crippen LogP contribution in [0.25, 0.3) is 0 Å². The van der Waals surface area contributed by atoms with Crippen LogP contribution in [0.4, 0.5) is 5.69 Å². The Labute approximate surface area is 160 Å². The third-order valence-corrected chi connectivity index (χ3v) is 5.53. The number of piperidine rings is 1. The summed E-state index contributed by atoms with van der Waals surface area (Å²) in [5.74, 6) is 0.407. The van der Waals surface area contributed by atoms with Crippen molar-refractivity contribution in [1.82, 2.24) is 9.88 Å². The molecule has 152 valence electrons. The summed E-state index contributed by atoms with van der Waals surface area (Å²) in [5.41, 5.74) is 0.471. The van der Waals surface area contributed by atoms with Gasteiger partial charge in [-0.1, -0.05) is 0 Å². The first-order chi connectivity index (χ1) is 12.8. The van der Waals surface area contributed by atoms with Gasteiger partial charge in [0.2, 0.25) is 21.8 Å². The van der Waals surface area contributed by atoms with Crippen molar-refractivity contribution >= 4 is 21.6 Å². The topological polar surface area (TPSA) is 98.3 Å². The molecule has 0 bridgehead atoms. The predicted molar refractivity (Wildman–Crippen MR) is 100 cm³/mol. The molecule has 1 aliphatic rings. The quantitative estimate of drug-likeness (QED) is 0.556. The smallest absolute Gasteiger partial charge is 0.248 e. The van der Waals surface area contributed by atoms with E-state index in [4.69, 9.17) is 14.2 Å². The number of hydrogen-bond acceptors (Lipinski definition) is 7. The highest BCUT2D eigenvalue weighted by Gasteiger charge is 2.24. The van der Waals surface area contributed by atoms with E-state index in [9.17, 15) is 13.2 Å². The summed E-state index contributed by atoms with van der Waals surface area (Å²) < 4.78 is 40.2. The monoisotopic (exact) mass is 401 g/mol. The minimum absolute atomic E-state index is 0.0316. The van der Waals surface area contributed by atoms with Gasteiger partial charge in [-0.05, 0) is 6.07 Å². The standard InChI is InChI=1S/C17H27N3O6S/c1-19(27(3,22)23)14-4-5-16(18-12-14)26-15-6-8-20(9-7-15)17(21)13-25-11-10-24-2/h4-5,12,15H,6-11,13H2,1-3H3. The maximum atomic E-state index is 12.1. The summed E-state index contributed by atoms with van der Waals surface area (Å²) in [6, 6.07) is 3.30. The van der Waals surface area contributed by atoms with Crippen molar-refractivity contribution in [2.45, 2.75) is 18.9 Å². The maximum absolute atomic E-state index is 12.1. The van der Waals surface area contributed by atoms with E-state index in [1.165, 1.54) is 13.2 Å². The molecule has 27 heavy (non-hydrogen) atoms. The van der Waals surface area contributed by atoms with E-state index in [0.29, 0.717) is 50.7 Å². The Hall–Kier alpha value is -1.91. The lowest BCUT2D eigenvalue weighted by Gasteiger charge is -2.32. The van der Waals surface area contributed by atoms with Crippen LogP contribution < -0.4 is 9.04 Å². The Morgan fingerprint density at radius 1 is 1.30 bits per heavy atom. The Kier molecular flexibility index (Phi) is 7.81. The first kappa shape index (κ1) is 21.4. The molecule has 0 atom stereocenters. The molecule has 0 aliphatic carbocycles. The molecule has 0 aromatic carbocycles. The van der Waals surface area contributed by atoms with Crippen molar-refractivity contribution in [2.75, 3.05) is 57.6 Å². The molecule has 1 aromatic rings. The summed E-state index contributed by atoms with van der Waals surface area (Å²) in [6.45, 7) is 2.14. The molecule has 2 rings (SSSR count). The molecule has 0 unspecified atom stereocenters. The van der Waals surface area contributed by atoms with E-state index >= 15 is 0 Å². The van der Waals surface area contributed by atoms with Gasteiger partial charge in [-0.2, -0.15) is 0 Å². The summed E-state index contributed by atoms with van der Waals surface area (Å²) >= 11 is 0. The molecule has 1 saturated heterocycles. The molecule has 1 aliphatic heterocycles. The average molecular weight is 401 g/mol. The van der Waals surface area contributed by atoms with Gasteiger partial charge in [-0.25, -0.2) is 13.4 Å². The Bertz CT molecular complexity index is 702. The van der Waals surface area contributed by atoms with Gasteiger partial charge in [0.1, 0.15) is 12.7 Å². The average Bonchev–Trinajstić information content (AvgIpc) is 2.65. The predicted octanol–water partition coefficient (Wildman–Crippen LogP) is 0.510. The second-order valence-corrected chi connectivity index (χ2v) is 8.34. The van der Waals surface area contributed by atoms with Crippen molar-refractivity contribution < 1.29 is 27.4 Å². The first-order valence-corrected chi connectivity index (χ1v) is 10.6. The van der Waals surface area contributed by atoms with Crippen LogP contribution in [0.5, 0.6) is 5.88 Å². The first-order valence-electron chi connectivity index (χ1n) is 8.72. The number of methoxy groups -OCH3 is 1. The fourth-order valence-corrected chi connectivity index (χ4v) is 3.10. The van der Waals surface area contributed by atoms with Crippen LogP contribution in [-0.4, -0.2) is 83.6 Å². The molecule has 1 amide bonds. The number of pyridine rings is 1. The summed E-state index contributed by atoms with van der Waals surface area (Å²) in [4.78, 5) is 18.0. The molecular weight excluding hydrogens is 374 g/mol. The van der Waals surface area contributed by atoms with Gasteiger partial charge in [-0.15, -0.1) is 0 Å². The fraction of sp³-hybridized carbons (Fsp3) is 0.647. The molecule has 0 N–H and O–H groups in total. The molecule has 1 aromatic heterocycles. The van der Waals surface area contributed by atoms with Gasteiger partial charge in [-0.3, -0.25) is 9.10 Å². The van der Waals surface area contributed by atoms with E-state index in [0.717, 1.165) is 10.6 Å². The molecule has 2 heterocycles. The number of amides is 1. The van der Waals surface area contributed by atoms with Gasteiger partial charge < -0.3 is 19.1 Å². The Balaban J connectivity index is 1.78. The summed E-state index contributed by atoms with van der Waals surface area (Å²) in [7, 11) is -0.266. The second-order valence-electron chi connectivity index (χ2n) is 6.33. The van der Waals surface area contributed by atoms with Gasteiger partial charge >= 0.3 is 0 Å². The van der Waals surface area contributed by atoms with Gasteiger partial charge in [0.15, 0.2) is 0 Å². The minimum atomic E-state index is -3.32. The zero-order chi connectivity index (χ0) is 19.9. The SMILES string of the molecule is COCCOCC(=O)N1CCC(Oc2ccc(N(C)S(C)(=O)=O)cn2)CC1. The van der Waals surface area contributed by atoms with Crippen molar-refractivity contribution in [1.29, 1.82) is 0 Å². The van der Waals surface area contributed by atoms with Gasteiger partial charge in [0.25, 0.3) is 0 Å². The summed E-state index contributed by atoms with van der Waals surface area (Å²) in [6.07, 6.45) is 3.98. The van der Waals surface area contributed by atoms with Crippen molar-refractivity contribution in [2.24, 2.45) is 0 Å². The highest BCUT2D eigenvalue weighted by atomic mass is 32.2. The lowest BCUT2D eigenvalue weighted by Crippen LogP contribution is -2.43. The Morgan fingerprint density at radius 2 is 2.00 bits per heavy atom. The number of anilines is 1. The van der Waals surface area contributed by atoms with E-state index in [1.54, 1.807) is 24.1 Å². The van der Waals surface area contributed by atoms with E-state index < -0.39 is 10.0 Å². The normalized spacial score (nSPS) is 15.6. The van der Waals surface area contributed by atoms with Crippen LogP contribution in [0.3, 0.4) is 0 Å². The molecule has 9 nitrogen and oxygen atoms in total. The molecule has 10 heteroatoms. The lowest BCUT2D eigenvalue weighted by molar-refractivity contribution is -0.138. The molecule has 0 spiro atoms. The number of sulfonamides is 1. The molecule has 0 saturated carbocycles. The zero-order valence-corrected chi connectivity index (χ0v) is 16.8. The highest BCUT2D eigenvalue weighted by molar-refractivity contribution is 7.92. The number of ether oxygens (including phenoxy) is 3. The Morgan fingerprint density at radius 3 is 2.56 bits per heavy atom. The van der Waals surface area contributed by atoms with Crippen LogP contribution in [-0.2, 0) is 24.3 Å². The molecule has 1 fully saturated rings. The molecular formula is C17H27N3O6S. The second kappa shape index (κ2) is 9.86. The van der Waals surface area contributed by atoms with Gasteiger partial charge in [0, 0.05) is 46.2 Å². The van der Waals surface area contributed by atoms with Crippen LogP contribution in [0, 0.1) is 0 Å². The maximum Gasteiger partial charge on any atom is 0.248 e. The van der Waals surface area contributed by atoms with Crippen LogP contribution in [0.1, 0.15) is 12.8 Å². The lowest BCUT2D eigenvalue weighted by atomic mass is 10.1. The number of rotatable bonds is 9. The summed E-state index contributed by atoms with van der Waals surface area (Å²) in [5, 5.41) is 0. The molecule has 0 radical (unpaired) electrons. The number of nitrogens with zero attached hydrogens (tertiary/aromatic N) is 3. The number of aromatic nitrogens is 1. The number of likely N-dealkylation sites (tertiary alicyclic amines) is 1. The van der Waals surface area contributed by atoms with Gasteiger partial charge in [0.05, 0.1) is 31.4 Å². The minimum Gasteiger partial charge on any atom is -0.474 e. The van der Waals surface area contributed by atoms with E-state index in [-0.39, 0.29) is 18.6 Å². The zero-order valence-electron chi connectivity index (χ0n) is 16.0. The third kappa shape index (κ3) is 6.64. The van der Waals surface area contributed by atoms with Crippen molar-refractivity contribution in [3.05, 3.63) is 18.3 Å². The van der Waals surface area contributed by atoms with Crippen LogP contribution in [0.15, 0.2) is 18.3 Å². The van der Waals surface area contributed by atoms with Crippen LogP contribution in [0.2, 0.25) is 0 Å². The highest BCUT2D eigenvalue weighted by Crippen LogP contribution is 2.21. The third-order valence-electron chi connectivity index (χ3n) is 4.32. The number of carbonyl (C=O) groups excluding carboxylic acids is 1. The van der Waals surface area contributed by atoms with Crippen molar-refractivity contribution in [3.8, 4) is 5.88 Å². The van der Waals surface area contributed by atoms with Crippen LogP contribution >= 0.6 is 0 Å². The number of carbonyl (C=O) groups is 1. The van der Waals surface area contributed by atoms with E-state index in [1.807, 2.05) is 0 Å². The fourth-order valence-electron chi connectivity index (χ4n) is 2.61. The van der Waals surface area contributed by atoms with E-state index in [2.05, 4.69) is 4.98 Å².